The summed E-state index contributed by atoms with van der Waals surface area (Å²) in [5, 5.41) is 18.7. The van der Waals surface area contributed by atoms with Gasteiger partial charge in [0.05, 0.1) is 16.4 Å². The first-order chi connectivity index (χ1) is 8.15. The van der Waals surface area contributed by atoms with Crippen LogP contribution in [-0.2, 0) is 12.9 Å². The predicted molar refractivity (Wildman–Crippen MR) is 62.7 cm³/mol. The van der Waals surface area contributed by atoms with E-state index < -0.39 is 4.92 Å². The van der Waals surface area contributed by atoms with E-state index in [1.54, 1.807) is 29.8 Å². The van der Waals surface area contributed by atoms with E-state index in [4.69, 9.17) is 11.6 Å². The molecule has 0 saturated heterocycles. The number of nitro benzene ring substituents is 1. The van der Waals surface area contributed by atoms with Gasteiger partial charge in [0.15, 0.2) is 5.82 Å². The molecule has 88 valence electrons. The molecular weight excluding hydrogens is 244 g/mol. The third-order valence-electron chi connectivity index (χ3n) is 2.43. The molecule has 0 fully saturated rings. The van der Waals surface area contributed by atoms with Gasteiger partial charge in [0, 0.05) is 13.1 Å². The SMILES string of the molecule is Cn1c(CCl)nnc1-c1ccccc1[N+](=O)[O-]. The summed E-state index contributed by atoms with van der Waals surface area (Å²) in [5.41, 5.74) is 0.438. The minimum absolute atomic E-state index is 0.00382. The first kappa shape index (κ1) is 11.5. The van der Waals surface area contributed by atoms with Gasteiger partial charge in [-0.25, -0.2) is 0 Å². The van der Waals surface area contributed by atoms with Crippen LogP contribution in [0.4, 0.5) is 5.69 Å². The van der Waals surface area contributed by atoms with Gasteiger partial charge in [-0.3, -0.25) is 10.1 Å². The molecule has 0 N–H and O–H groups in total. The number of para-hydroxylation sites is 1. The number of hydrogen-bond acceptors (Lipinski definition) is 4. The molecule has 1 aromatic heterocycles. The normalized spacial score (nSPS) is 10.5. The lowest BCUT2D eigenvalue weighted by molar-refractivity contribution is -0.384. The van der Waals surface area contributed by atoms with Crippen LogP contribution in [0.3, 0.4) is 0 Å². The van der Waals surface area contributed by atoms with E-state index >= 15 is 0 Å². The van der Waals surface area contributed by atoms with E-state index in [-0.39, 0.29) is 11.6 Å². The standard InChI is InChI=1S/C10H9ClN4O2/c1-14-9(6-11)12-13-10(14)7-4-2-3-5-8(7)15(16)17/h2-5H,6H2,1H3. The molecule has 1 aromatic carbocycles. The number of aromatic nitrogens is 3. The van der Waals surface area contributed by atoms with E-state index in [9.17, 15) is 10.1 Å². The molecule has 7 heteroatoms. The lowest BCUT2D eigenvalue weighted by Gasteiger charge is -2.02. The highest BCUT2D eigenvalue weighted by atomic mass is 35.5. The summed E-state index contributed by atoms with van der Waals surface area (Å²) in [6, 6.07) is 6.41. The second-order valence-corrected chi connectivity index (χ2v) is 3.67. The van der Waals surface area contributed by atoms with E-state index in [1.807, 2.05) is 0 Å². The van der Waals surface area contributed by atoms with Gasteiger partial charge >= 0.3 is 0 Å². The summed E-state index contributed by atoms with van der Waals surface area (Å²) in [7, 11) is 1.73. The Balaban J connectivity index is 2.60. The number of halogens is 1. The lowest BCUT2D eigenvalue weighted by Crippen LogP contribution is -1.99. The van der Waals surface area contributed by atoms with Crippen molar-refractivity contribution in [1.82, 2.24) is 14.8 Å². The van der Waals surface area contributed by atoms with Crippen molar-refractivity contribution in [2.24, 2.45) is 7.05 Å². The fourth-order valence-electron chi connectivity index (χ4n) is 1.53. The van der Waals surface area contributed by atoms with Gasteiger partial charge in [-0.05, 0) is 6.07 Å². The van der Waals surface area contributed by atoms with Crippen molar-refractivity contribution < 1.29 is 4.92 Å². The molecule has 17 heavy (non-hydrogen) atoms. The largest absolute Gasteiger partial charge is 0.313 e. The van der Waals surface area contributed by atoms with Gasteiger partial charge < -0.3 is 4.57 Å². The maximum Gasteiger partial charge on any atom is 0.280 e. The van der Waals surface area contributed by atoms with Gasteiger partial charge in [-0.15, -0.1) is 21.8 Å². The van der Waals surface area contributed by atoms with Crippen LogP contribution < -0.4 is 0 Å². The minimum atomic E-state index is -0.440. The van der Waals surface area contributed by atoms with Crippen LogP contribution in [0.15, 0.2) is 24.3 Å². The summed E-state index contributed by atoms with van der Waals surface area (Å²) in [4.78, 5) is 10.5. The molecule has 0 unspecified atom stereocenters. The number of nitrogens with zero attached hydrogens (tertiary/aromatic N) is 4. The minimum Gasteiger partial charge on any atom is -0.313 e. The molecule has 0 aliphatic carbocycles. The predicted octanol–water partition coefficient (Wildman–Crippen LogP) is 2.13. The average molecular weight is 253 g/mol. The van der Waals surface area contributed by atoms with Gasteiger partial charge in [0.25, 0.3) is 5.69 Å². The number of benzene rings is 1. The Bertz CT molecular complexity index is 567. The molecule has 0 saturated carbocycles. The molecule has 0 bridgehead atoms. The van der Waals surface area contributed by atoms with Crippen LogP contribution in [0.2, 0.25) is 0 Å². The van der Waals surface area contributed by atoms with E-state index in [1.165, 1.54) is 6.07 Å². The second-order valence-electron chi connectivity index (χ2n) is 3.41. The smallest absolute Gasteiger partial charge is 0.280 e. The summed E-state index contributed by atoms with van der Waals surface area (Å²) in [6.07, 6.45) is 0. The number of alkyl halides is 1. The fraction of sp³-hybridized carbons (Fsp3) is 0.200. The lowest BCUT2D eigenvalue weighted by atomic mass is 10.1. The molecule has 1 heterocycles. The summed E-state index contributed by atoms with van der Waals surface area (Å²) in [6.45, 7) is 0. The molecule has 0 atom stereocenters. The molecule has 0 radical (unpaired) electrons. The third kappa shape index (κ3) is 1.99. The zero-order valence-corrected chi connectivity index (χ0v) is 9.76. The van der Waals surface area contributed by atoms with Crippen molar-refractivity contribution in [2.75, 3.05) is 0 Å². The number of nitro groups is 1. The Kier molecular flexibility index (Phi) is 3.06. The molecular formula is C10H9ClN4O2. The number of hydrogen-bond donors (Lipinski definition) is 0. The van der Waals surface area contributed by atoms with Crippen LogP contribution in [0.5, 0.6) is 0 Å². The highest BCUT2D eigenvalue weighted by Crippen LogP contribution is 2.28. The quantitative estimate of drug-likeness (QED) is 0.476. The van der Waals surface area contributed by atoms with Crippen molar-refractivity contribution in [1.29, 1.82) is 0 Å². The average Bonchev–Trinajstić information content (AvgIpc) is 2.70. The van der Waals surface area contributed by atoms with Crippen molar-refractivity contribution in [3.8, 4) is 11.4 Å². The molecule has 0 spiro atoms. The van der Waals surface area contributed by atoms with Crippen molar-refractivity contribution in [3.05, 3.63) is 40.2 Å². The van der Waals surface area contributed by atoms with Crippen molar-refractivity contribution in [2.45, 2.75) is 5.88 Å². The number of rotatable bonds is 3. The van der Waals surface area contributed by atoms with E-state index in [0.29, 0.717) is 17.2 Å². The van der Waals surface area contributed by atoms with Gasteiger partial charge in [0.2, 0.25) is 0 Å². The fourth-order valence-corrected chi connectivity index (χ4v) is 1.77. The van der Waals surface area contributed by atoms with Gasteiger partial charge in [0.1, 0.15) is 5.82 Å². The molecule has 0 aliphatic heterocycles. The Labute approximate surface area is 102 Å². The highest BCUT2D eigenvalue weighted by Gasteiger charge is 2.19. The summed E-state index contributed by atoms with van der Waals surface area (Å²) >= 11 is 5.68. The van der Waals surface area contributed by atoms with Gasteiger partial charge in [-0.1, -0.05) is 12.1 Å². The third-order valence-corrected chi connectivity index (χ3v) is 2.67. The Morgan fingerprint density at radius 3 is 2.71 bits per heavy atom. The van der Waals surface area contributed by atoms with Gasteiger partial charge in [-0.2, -0.15) is 0 Å². The van der Waals surface area contributed by atoms with Crippen molar-refractivity contribution in [3.63, 3.8) is 0 Å². The summed E-state index contributed by atoms with van der Waals surface area (Å²) < 4.78 is 1.65. The first-order valence-electron chi connectivity index (χ1n) is 4.83. The zero-order valence-electron chi connectivity index (χ0n) is 9.00. The first-order valence-corrected chi connectivity index (χ1v) is 5.36. The highest BCUT2D eigenvalue weighted by molar-refractivity contribution is 6.16. The molecule has 2 rings (SSSR count). The van der Waals surface area contributed by atoms with Crippen molar-refractivity contribution >= 4 is 17.3 Å². The molecule has 6 nitrogen and oxygen atoms in total. The van der Waals surface area contributed by atoms with Crippen LogP contribution >= 0.6 is 11.6 Å². The Morgan fingerprint density at radius 2 is 2.12 bits per heavy atom. The monoisotopic (exact) mass is 252 g/mol. The Morgan fingerprint density at radius 1 is 1.41 bits per heavy atom. The maximum absolute atomic E-state index is 10.9. The van der Waals surface area contributed by atoms with Crippen LogP contribution in [0, 0.1) is 10.1 Å². The molecule has 0 aliphatic rings. The molecule has 2 aromatic rings. The maximum atomic E-state index is 10.9. The van der Waals surface area contributed by atoms with Crippen LogP contribution in [-0.4, -0.2) is 19.7 Å². The van der Waals surface area contributed by atoms with E-state index in [2.05, 4.69) is 10.2 Å². The second kappa shape index (κ2) is 4.50. The zero-order chi connectivity index (χ0) is 12.4. The van der Waals surface area contributed by atoms with Crippen LogP contribution in [0.25, 0.3) is 11.4 Å². The van der Waals surface area contributed by atoms with E-state index in [0.717, 1.165) is 0 Å². The Hall–Kier alpha value is -1.95. The molecule has 0 amide bonds. The summed E-state index contributed by atoms with van der Waals surface area (Å²) in [5.74, 6) is 1.22. The topological polar surface area (TPSA) is 73.8 Å². The van der Waals surface area contributed by atoms with Crippen LogP contribution in [0.1, 0.15) is 5.82 Å².